The molecule has 0 unspecified atom stereocenters. The SMILES string of the molecule is CCCNc1nc(N(CC(C)C)C(C)C)c(F)cc1F. The van der Waals surface area contributed by atoms with E-state index in [1.54, 1.807) is 0 Å². The Kier molecular flexibility index (Phi) is 6.17. The molecule has 20 heavy (non-hydrogen) atoms. The lowest BCUT2D eigenvalue weighted by atomic mass is 10.1. The van der Waals surface area contributed by atoms with E-state index in [0.717, 1.165) is 12.5 Å². The molecule has 0 aliphatic rings. The standard InChI is InChI=1S/C15H25F2N3/c1-6-7-18-14-12(16)8-13(17)15(19-14)20(11(4)5)9-10(2)3/h8,10-11H,6-7,9H2,1-5H3,(H,18,19). The van der Waals surface area contributed by atoms with Gasteiger partial charge in [0.05, 0.1) is 0 Å². The average molecular weight is 285 g/mol. The highest BCUT2D eigenvalue weighted by molar-refractivity contribution is 5.50. The van der Waals surface area contributed by atoms with E-state index >= 15 is 0 Å². The molecule has 3 nitrogen and oxygen atoms in total. The number of nitrogens with one attached hydrogen (secondary N) is 1. The lowest BCUT2D eigenvalue weighted by Crippen LogP contribution is -2.35. The monoisotopic (exact) mass is 285 g/mol. The molecule has 0 bridgehead atoms. The first-order valence-corrected chi connectivity index (χ1v) is 7.23. The van der Waals surface area contributed by atoms with Crippen molar-refractivity contribution in [3.8, 4) is 0 Å². The molecule has 0 atom stereocenters. The van der Waals surface area contributed by atoms with Crippen molar-refractivity contribution in [1.82, 2.24) is 4.98 Å². The van der Waals surface area contributed by atoms with Gasteiger partial charge >= 0.3 is 0 Å². The van der Waals surface area contributed by atoms with Crippen LogP contribution in [0.1, 0.15) is 41.0 Å². The Morgan fingerprint density at radius 3 is 2.35 bits per heavy atom. The van der Waals surface area contributed by atoms with Crippen molar-refractivity contribution in [3.63, 3.8) is 0 Å². The fraction of sp³-hybridized carbons (Fsp3) is 0.667. The van der Waals surface area contributed by atoms with Crippen LogP contribution in [0.2, 0.25) is 0 Å². The number of hydrogen-bond acceptors (Lipinski definition) is 3. The minimum absolute atomic E-state index is 0.101. The summed E-state index contributed by atoms with van der Waals surface area (Å²) in [6.07, 6.45) is 0.855. The maximum absolute atomic E-state index is 14.0. The van der Waals surface area contributed by atoms with Gasteiger partial charge in [-0.1, -0.05) is 20.8 Å². The Hall–Kier alpha value is -1.39. The predicted molar refractivity (Wildman–Crippen MR) is 80.3 cm³/mol. The topological polar surface area (TPSA) is 28.2 Å². The van der Waals surface area contributed by atoms with Crippen LogP contribution in [0.5, 0.6) is 0 Å². The zero-order valence-corrected chi connectivity index (χ0v) is 13.0. The van der Waals surface area contributed by atoms with Crippen molar-refractivity contribution in [2.75, 3.05) is 23.3 Å². The van der Waals surface area contributed by atoms with Gasteiger partial charge in [-0.2, -0.15) is 0 Å². The van der Waals surface area contributed by atoms with Crippen LogP contribution in [0.25, 0.3) is 0 Å². The molecule has 0 aromatic carbocycles. The largest absolute Gasteiger partial charge is 0.368 e. The first-order valence-electron chi connectivity index (χ1n) is 7.23. The van der Waals surface area contributed by atoms with Crippen LogP contribution in [-0.2, 0) is 0 Å². The lowest BCUT2D eigenvalue weighted by Gasteiger charge is -2.30. The quantitative estimate of drug-likeness (QED) is 0.819. The Bertz CT molecular complexity index is 433. The third-order valence-electron chi connectivity index (χ3n) is 2.91. The van der Waals surface area contributed by atoms with Crippen LogP contribution in [0.15, 0.2) is 6.07 Å². The van der Waals surface area contributed by atoms with E-state index < -0.39 is 11.6 Å². The van der Waals surface area contributed by atoms with E-state index in [2.05, 4.69) is 24.1 Å². The second-order valence-corrected chi connectivity index (χ2v) is 5.69. The minimum Gasteiger partial charge on any atom is -0.368 e. The van der Waals surface area contributed by atoms with Crippen molar-refractivity contribution in [2.24, 2.45) is 5.92 Å². The van der Waals surface area contributed by atoms with Crippen LogP contribution in [-0.4, -0.2) is 24.1 Å². The van der Waals surface area contributed by atoms with Gasteiger partial charge in [-0.3, -0.25) is 0 Å². The summed E-state index contributed by atoms with van der Waals surface area (Å²) in [6.45, 7) is 11.4. The predicted octanol–water partition coefficient (Wildman–Crippen LogP) is 4.05. The molecular formula is C15H25F2N3. The smallest absolute Gasteiger partial charge is 0.168 e. The number of halogens is 2. The number of pyridine rings is 1. The number of anilines is 2. The van der Waals surface area contributed by atoms with Crippen LogP contribution < -0.4 is 10.2 Å². The van der Waals surface area contributed by atoms with Gasteiger partial charge in [0.2, 0.25) is 0 Å². The van der Waals surface area contributed by atoms with Crippen LogP contribution in [0.3, 0.4) is 0 Å². The van der Waals surface area contributed by atoms with Gasteiger partial charge < -0.3 is 10.2 Å². The molecular weight excluding hydrogens is 260 g/mol. The molecule has 0 saturated carbocycles. The summed E-state index contributed by atoms with van der Waals surface area (Å²) in [6, 6.07) is 1.01. The fourth-order valence-electron chi connectivity index (χ4n) is 1.96. The Balaban J connectivity index is 3.13. The molecule has 0 amide bonds. The Labute approximate surface area is 120 Å². The van der Waals surface area contributed by atoms with Gasteiger partial charge in [0, 0.05) is 25.2 Å². The van der Waals surface area contributed by atoms with Crippen LogP contribution in [0, 0.1) is 17.6 Å². The molecule has 0 aliphatic carbocycles. The molecule has 1 N–H and O–H groups in total. The van der Waals surface area contributed by atoms with Crippen molar-refractivity contribution >= 4 is 11.6 Å². The average Bonchev–Trinajstić information content (AvgIpc) is 2.35. The second kappa shape index (κ2) is 7.41. The number of nitrogens with zero attached hydrogens (tertiary/aromatic N) is 2. The van der Waals surface area contributed by atoms with Crippen LogP contribution >= 0.6 is 0 Å². The molecule has 0 fully saturated rings. The molecule has 1 aromatic rings. The summed E-state index contributed by atoms with van der Waals surface area (Å²) in [5.74, 6) is -0.547. The molecule has 0 radical (unpaired) electrons. The summed E-state index contributed by atoms with van der Waals surface area (Å²) >= 11 is 0. The minimum atomic E-state index is -0.645. The normalized spacial score (nSPS) is 11.2. The Morgan fingerprint density at radius 2 is 1.85 bits per heavy atom. The molecule has 1 heterocycles. The summed E-state index contributed by atoms with van der Waals surface area (Å²) in [7, 11) is 0. The van der Waals surface area contributed by atoms with Gasteiger partial charge in [-0.05, 0) is 26.2 Å². The summed E-state index contributed by atoms with van der Waals surface area (Å²) in [5, 5.41) is 2.90. The molecule has 5 heteroatoms. The zero-order chi connectivity index (χ0) is 15.3. The van der Waals surface area contributed by atoms with Crippen molar-refractivity contribution < 1.29 is 8.78 Å². The maximum Gasteiger partial charge on any atom is 0.168 e. The number of hydrogen-bond donors (Lipinski definition) is 1. The van der Waals surface area contributed by atoms with E-state index in [1.807, 2.05) is 25.7 Å². The fourth-order valence-corrected chi connectivity index (χ4v) is 1.96. The van der Waals surface area contributed by atoms with Crippen molar-refractivity contribution in [2.45, 2.75) is 47.1 Å². The van der Waals surface area contributed by atoms with Gasteiger partial charge in [0.1, 0.15) is 0 Å². The Morgan fingerprint density at radius 1 is 1.20 bits per heavy atom. The lowest BCUT2D eigenvalue weighted by molar-refractivity contribution is 0.531. The van der Waals surface area contributed by atoms with E-state index in [9.17, 15) is 8.78 Å². The molecule has 0 spiro atoms. The molecule has 114 valence electrons. The highest BCUT2D eigenvalue weighted by Crippen LogP contribution is 2.24. The number of rotatable bonds is 7. The van der Waals surface area contributed by atoms with Crippen molar-refractivity contribution in [3.05, 3.63) is 17.7 Å². The third kappa shape index (κ3) is 4.32. The zero-order valence-electron chi connectivity index (χ0n) is 13.0. The molecule has 0 aliphatic heterocycles. The first kappa shape index (κ1) is 16.7. The highest BCUT2D eigenvalue weighted by Gasteiger charge is 2.20. The van der Waals surface area contributed by atoms with Crippen molar-refractivity contribution in [1.29, 1.82) is 0 Å². The van der Waals surface area contributed by atoms with E-state index in [4.69, 9.17) is 0 Å². The van der Waals surface area contributed by atoms with Gasteiger partial charge in [-0.25, -0.2) is 13.8 Å². The van der Waals surface area contributed by atoms with E-state index in [-0.39, 0.29) is 17.7 Å². The van der Waals surface area contributed by atoms with E-state index in [1.165, 1.54) is 0 Å². The summed E-state index contributed by atoms with van der Waals surface area (Å²) < 4.78 is 27.7. The third-order valence-corrected chi connectivity index (χ3v) is 2.91. The van der Waals surface area contributed by atoms with E-state index in [0.29, 0.717) is 19.0 Å². The van der Waals surface area contributed by atoms with Crippen LogP contribution in [0.4, 0.5) is 20.4 Å². The maximum atomic E-state index is 14.0. The second-order valence-electron chi connectivity index (χ2n) is 5.69. The summed E-state index contributed by atoms with van der Waals surface area (Å²) in [4.78, 5) is 6.02. The van der Waals surface area contributed by atoms with Gasteiger partial charge in [-0.15, -0.1) is 0 Å². The summed E-state index contributed by atoms with van der Waals surface area (Å²) in [5.41, 5.74) is 0. The molecule has 1 rings (SSSR count). The molecule has 1 aromatic heterocycles. The van der Waals surface area contributed by atoms with Gasteiger partial charge in [0.25, 0.3) is 0 Å². The number of aromatic nitrogens is 1. The highest BCUT2D eigenvalue weighted by atomic mass is 19.1. The molecule has 0 saturated heterocycles. The first-order chi connectivity index (χ1) is 9.36. The van der Waals surface area contributed by atoms with Gasteiger partial charge in [0.15, 0.2) is 23.3 Å².